The van der Waals surface area contributed by atoms with Gasteiger partial charge in [0.25, 0.3) is 0 Å². The molecule has 1 aromatic carbocycles. The lowest BCUT2D eigenvalue weighted by Crippen LogP contribution is -2.53. The van der Waals surface area contributed by atoms with Crippen LogP contribution >= 0.6 is 0 Å². The zero-order valence-electron chi connectivity index (χ0n) is 11.9. The van der Waals surface area contributed by atoms with Gasteiger partial charge in [0.05, 0.1) is 24.7 Å². The van der Waals surface area contributed by atoms with E-state index in [1.54, 1.807) is 0 Å². The van der Waals surface area contributed by atoms with Gasteiger partial charge in [0.15, 0.2) is 0 Å². The van der Waals surface area contributed by atoms with E-state index in [0.29, 0.717) is 12.1 Å². The average molecular weight is 270 g/mol. The van der Waals surface area contributed by atoms with Crippen molar-refractivity contribution in [2.45, 2.75) is 43.7 Å². The average Bonchev–Trinajstić information content (AvgIpc) is 2.53. The zero-order valence-corrected chi connectivity index (χ0v) is 11.9. The molecule has 3 unspecified atom stereocenters. The van der Waals surface area contributed by atoms with E-state index in [2.05, 4.69) is 23.1 Å². The molecular weight excluding hydrogens is 248 g/mol. The zero-order chi connectivity index (χ0) is 13.8. The number of benzene rings is 1. The summed E-state index contributed by atoms with van der Waals surface area (Å²) in [4.78, 5) is 2.49. The lowest BCUT2D eigenvalue weighted by Gasteiger charge is -2.44. The van der Waals surface area contributed by atoms with Gasteiger partial charge in [0.2, 0.25) is 0 Å². The summed E-state index contributed by atoms with van der Waals surface area (Å²) in [6.07, 6.45) is 5.38. The van der Waals surface area contributed by atoms with Crippen molar-refractivity contribution in [3.05, 3.63) is 35.9 Å². The molecule has 0 aromatic heterocycles. The van der Waals surface area contributed by atoms with Gasteiger partial charge < -0.3 is 4.74 Å². The van der Waals surface area contributed by atoms with Crippen molar-refractivity contribution in [1.29, 1.82) is 5.26 Å². The third kappa shape index (κ3) is 2.87. The van der Waals surface area contributed by atoms with Crippen LogP contribution in [0.1, 0.15) is 37.2 Å². The molecule has 1 saturated heterocycles. The van der Waals surface area contributed by atoms with Crippen LogP contribution in [0.15, 0.2) is 30.3 Å². The molecule has 1 saturated carbocycles. The maximum atomic E-state index is 9.50. The van der Waals surface area contributed by atoms with Gasteiger partial charge in [-0.2, -0.15) is 5.26 Å². The number of hydrogen-bond acceptors (Lipinski definition) is 3. The van der Waals surface area contributed by atoms with E-state index in [0.717, 1.165) is 25.3 Å². The summed E-state index contributed by atoms with van der Waals surface area (Å²) in [5.74, 6) is -0.0307. The monoisotopic (exact) mass is 270 g/mol. The van der Waals surface area contributed by atoms with Gasteiger partial charge in [-0.15, -0.1) is 0 Å². The van der Waals surface area contributed by atoms with Gasteiger partial charge in [-0.25, -0.2) is 0 Å². The van der Waals surface area contributed by atoms with Crippen LogP contribution in [0.2, 0.25) is 0 Å². The van der Waals surface area contributed by atoms with E-state index in [9.17, 15) is 5.26 Å². The van der Waals surface area contributed by atoms with E-state index in [1.165, 1.54) is 25.7 Å². The number of fused-ring (bicyclic) bond motifs is 1. The molecule has 1 aromatic rings. The summed E-state index contributed by atoms with van der Waals surface area (Å²) in [7, 11) is 0. The lowest BCUT2D eigenvalue weighted by atomic mass is 9.89. The fourth-order valence-corrected chi connectivity index (χ4v) is 3.54. The molecule has 20 heavy (non-hydrogen) atoms. The first-order chi connectivity index (χ1) is 9.88. The fraction of sp³-hybridized carbons (Fsp3) is 0.588. The van der Waals surface area contributed by atoms with E-state index in [1.807, 2.05) is 18.2 Å². The molecule has 0 amide bonds. The van der Waals surface area contributed by atoms with Crippen LogP contribution in [0.5, 0.6) is 0 Å². The highest BCUT2D eigenvalue weighted by Gasteiger charge is 2.35. The summed E-state index contributed by atoms with van der Waals surface area (Å²) in [6, 6.07) is 13.2. The molecule has 1 aliphatic heterocycles. The molecule has 106 valence electrons. The number of hydrogen-bond donors (Lipinski definition) is 0. The Morgan fingerprint density at radius 3 is 2.85 bits per heavy atom. The second-order valence-corrected chi connectivity index (χ2v) is 5.85. The predicted molar refractivity (Wildman–Crippen MR) is 78.4 cm³/mol. The van der Waals surface area contributed by atoms with Gasteiger partial charge in [0, 0.05) is 19.1 Å². The van der Waals surface area contributed by atoms with Gasteiger partial charge >= 0.3 is 0 Å². The molecule has 2 aliphatic rings. The van der Waals surface area contributed by atoms with E-state index >= 15 is 0 Å². The molecule has 0 radical (unpaired) electrons. The molecule has 3 atom stereocenters. The van der Waals surface area contributed by atoms with E-state index < -0.39 is 0 Å². The summed E-state index contributed by atoms with van der Waals surface area (Å²) >= 11 is 0. The Kier molecular flexibility index (Phi) is 4.34. The van der Waals surface area contributed by atoms with Crippen molar-refractivity contribution in [2.75, 3.05) is 19.7 Å². The van der Waals surface area contributed by atoms with Crippen LogP contribution in [0, 0.1) is 11.3 Å². The van der Waals surface area contributed by atoms with Crippen LogP contribution in [0.25, 0.3) is 0 Å². The molecule has 1 aliphatic carbocycles. The number of nitriles is 1. The summed E-state index contributed by atoms with van der Waals surface area (Å²) < 4.78 is 5.91. The number of morpholine rings is 1. The second-order valence-electron chi connectivity index (χ2n) is 5.85. The molecule has 3 heteroatoms. The number of rotatable bonds is 3. The van der Waals surface area contributed by atoms with Crippen molar-refractivity contribution in [2.24, 2.45) is 0 Å². The smallest absolute Gasteiger partial charge is 0.0839 e. The summed E-state index contributed by atoms with van der Waals surface area (Å²) in [5.41, 5.74) is 1.13. The molecule has 0 bridgehead atoms. The molecule has 3 nitrogen and oxygen atoms in total. The number of nitrogens with zero attached hydrogens (tertiary/aromatic N) is 2. The van der Waals surface area contributed by atoms with Crippen molar-refractivity contribution in [3.63, 3.8) is 0 Å². The summed E-state index contributed by atoms with van der Waals surface area (Å²) in [6.45, 7) is 2.62. The topological polar surface area (TPSA) is 36.3 Å². The van der Waals surface area contributed by atoms with Gasteiger partial charge in [-0.1, -0.05) is 43.2 Å². The molecule has 3 rings (SSSR count). The van der Waals surface area contributed by atoms with Crippen molar-refractivity contribution < 1.29 is 4.74 Å². The Hall–Kier alpha value is -1.37. The molecule has 2 fully saturated rings. The van der Waals surface area contributed by atoms with Crippen LogP contribution in [-0.2, 0) is 4.74 Å². The summed E-state index contributed by atoms with van der Waals surface area (Å²) in [5, 5.41) is 9.50. The number of ether oxygens (including phenoxy) is 1. The Bertz CT molecular complexity index is 466. The fourth-order valence-electron chi connectivity index (χ4n) is 3.54. The minimum absolute atomic E-state index is 0.0307. The largest absolute Gasteiger partial charge is 0.375 e. The molecule has 1 heterocycles. The first-order valence-electron chi connectivity index (χ1n) is 7.68. The standard InChI is InChI=1S/C17H22N2O/c18-12-15(14-6-2-1-3-7-14)13-19-10-11-20-17-9-5-4-8-16(17)19/h1-3,6-7,15-17H,4-5,8-11,13H2. The van der Waals surface area contributed by atoms with Gasteiger partial charge in [-0.3, -0.25) is 4.90 Å². The van der Waals surface area contributed by atoms with Crippen molar-refractivity contribution >= 4 is 0 Å². The highest BCUT2D eigenvalue weighted by Crippen LogP contribution is 2.30. The normalized spacial score (nSPS) is 28.4. The van der Waals surface area contributed by atoms with E-state index in [-0.39, 0.29) is 5.92 Å². The minimum atomic E-state index is -0.0307. The lowest BCUT2D eigenvalue weighted by molar-refractivity contribution is -0.0884. The quantitative estimate of drug-likeness (QED) is 0.847. The molecular formula is C17H22N2O. The van der Waals surface area contributed by atoms with Gasteiger partial charge in [-0.05, 0) is 18.4 Å². The van der Waals surface area contributed by atoms with Crippen molar-refractivity contribution in [3.8, 4) is 6.07 Å². The van der Waals surface area contributed by atoms with Gasteiger partial charge in [0.1, 0.15) is 0 Å². The first-order valence-corrected chi connectivity index (χ1v) is 7.68. The predicted octanol–water partition coefficient (Wildman–Crippen LogP) is 2.94. The Labute approximate surface area is 121 Å². The van der Waals surface area contributed by atoms with Crippen LogP contribution < -0.4 is 0 Å². The SMILES string of the molecule is N#CC(CN1CCOC2CCCCC21)c1ccccc1. The Morgan fingerprint density at radius 2 is 2.05 bits per heavy atom. The highest BCUT2D eigenvalue weighted by atomic mass is 16.5. The van der Waals surface area contributed by atoms with Crippen LogP contribution in [-0.4, -0.2) is 36.7 Å². The maximum absolute atomic E-state index is 9.50. The third-order valence-electron chi connectivity index (χ3n) is 4.62. The van der Waals surface area contributed by atoms with Crippen molar-refractivity contribution in [1.82, 2.24) is 4.90 Å². The Balaban J connectivity index is 1.70. The highest BCUT2D eigenvalue weighted by molar-refractivity contribution is 5.25. The maximum Gasteiger partial charge on any atom is 0.0839 e. The Morgan fingerprint density at radius 1 is 1.25 bits per heavy atom. The second kappa shape index (κ2) is 6.39. The first kappa shape index (κ1) is 13.6. The van der Waals surface area contributed by atoms with Crippen LogP contribution in [0.4, 0.5) is 0 Å². The van der Waals surface area contributed by atoms with E-state index in [4.69, 9.17) is 4.74 Å². The molecule has 0 spiro atoms. The minimum Gasteiger partial charge on any atom is -0.375 e. The molecule has 0 N–H and O–H groups in total. The third-order valence-corrected chi connectivity index (χ3v) is 4.62. The van der Waals surface area contributed by atoms with Crippen LogP contribution in [0.3, 0.4) is 0 Å².